The summed E-state index contributed by atoms with van der Waals surface area (Å²) in [6.45, 7) is 2.61. The Labute approximate surface area is 155 Å². The maximum atomic E-state index is 12.0. The zero-order chi connectivity index (χ0) is 18.4. The lowest BCUT2D eigenvalue weighted by Gasteiger charge is -2.05. The van der Waals surface area contributed by atoms with Crippen LogP contribution in [0.15, 0.2) is 46.5 Å². The molecule has 2 aromatic heterocycles. The average molecular weight is 370 g/mol. The number of fused-ring (bicyclic) bond motifs is 1. The summed E-state index contributed by atoms with van der Waals surface area (Å²) in [5.74, 6) is 0.158. The van der Waals surface area contributed by atoms with Gasteiger partial charge in [0, 0.05) is 35.4 Å². The van der Waals surface area contributed by atoms with Gasteiger partial charge in [-0.15, -0.1) is 0 Å². The van der Waals surface area contributed by atoms with Crippen molar-refractivity contribution < 1.29 is 4.79 Å². The number of para-hydroxylation sites is 1. The molecule has 0 saturated carbocycles. The van der Waals surface area contributed by atoms with Gasteiger partial charge in [0.2, 0.25) is 5.91 Å². The lowest BCUT2D eigenvalue weighted by molar-refractivity contribution is -0.118. The van der Waals surface area contributed by atoms with Gasteiger partial charge in [0.1, 0.15) is 0 Å². The van der Waals surface area contributed by atoms with Crippen LogP contribution < -0.4 is 10.9 Å². The van der Waals surface area contributed by atoms with Gasteiger partial charge < -0.3 is 15.3 Å². The quantitative estimate of drug-likeness (QED) is 0.420. The Kier molecular flexibility index (Phi) is 6.12. The molecule has 0 atom stereocenters. The normalized spacial score (nSPS) is 11.0. The van der Waals surface area contributed by atoms with Crippen molar-refractivity contribution >= 4 is 28.6 Å². The van der Waals surface area contributed by atoms with Crippen molar-refractivity contribution in [3.05, 3.63) is 58.1 Å². The van der Waals surface area contributed by atoms with Crippen LogP contribution in [0.5, 0.6) is 0 Å². The molecule has 0 aliphatic heterocycles. The number of rotatable bonds is 8. The summed E-state index contributed by atoms with van der Waals surface area (Å²) in [5.41, 5.74) is 2.88. The van der Waals surface area contributed by atoms with E-state index in [9.17, 15) is 9.59 Å². The highest BCUT2D eigenvalue weighted by Crippen LogP contribution is 2.17. The number of nitrogens with zero attached hydrogens (tertiary/aromatic N) is 1. The summed E-state index contributed by atoms with van der Waals surface area (Å²) in [6, 6.07) is 9.62. The smallest absolute Gasteiger partial charge is 0.251 e. The van der Waals surface area contributed by atoms with Crippen LogP contribution in [0.3, 0.4) is 0 Å². The number of nitrogens with one attached hydrogen (secondary N) is 3. The minimum atomic E-state index is -0.175. The van der Waals surface area contributed by atoms with E-state index in [4.69, 9.17) is 0 Å². The van der Waals surface area contributed by atoms with E-state index in [1.54, 1.807) is 0 Å². The lowest BCUT2D eigenvalue weighted by atomic mass is 10.1. The minimum absolute atomic E-state index is 0.0709. The Morgan fingerprint density at radius 3 is 2.96 bits per heavy atom. The number of aromatic nitrogens is 3. The molecular formula is C19H22N4O2S. The van der Waals surface area contributed by atoms with Gasteiger partial charge in [-0.1, -0.05) is 43.3 Å². The Bertz CT molecular complexity index is 948. The van der Waals surface area contributed by atoms with Gasteiger partial charge in [-0.3, -0.25) is 9.59 Å². The standard InChI is InChI=1S/C19H22N4O2S/c1-2-5-14-10-17(24)23-19(22-14)26-12-18(25)20-9-8-13-11-21-16-7-4-3-6-15(13)16/h3-4,6-7,10-11,21H,2,5,8-9,12H2,1H3,(H,20,25)(H,22,23,24). The highest BCUT2D eigenvalue weighted by molar-refractivity contribution is 7.99. The van der Waals surface area contributed by atoms with Crippen LogP contribution in [0.4, 0.5) is 0 Å². The third-order valence-electron chi connectivity index (χ3n) is 4.01. The molecule has 0 aliphatic rings. The second kappa shape index (κ2) is 8.71. The minimum Gasteiger partial charge on any atom is -0.361 e. The van der Waals surface area contributed by atoms with Crippen LogP contribution in [0.1, 0.15) is 24.6 Å². The number of amides is 1. The predicted octanol–water partition coefficient (Wildman–Crippen LogP) is 2.65. The Hall–Kier alpha value is -2.54. The van der Waals surface area contributed by atoms with Crippen LogP contribution in [-0.4, -0.2) is 33.2 Å². The number of H-pyrrole nitrogens is 2. The first-order valence-corrected chi connectivity index (χ1v) is 9.69. The van der Waals surface area contributed by atoms with Crippen LogP contribution in [0.2, 0.25) is 0 Å². The molecule has 6 nitrogen and oxygen atoms in total. The molecule has 0 radical (unpaired) electrons. The van der Waals surface area contributed by atoms with Crippen molar-refractivity contribution in [2.45, 2.75) is 31.3 Å². The van der Waals surface area contributed by atoms with E-state index in [2.05, 4.69) is 26.3 Å². The molecule has 0 fully saturated rings. The van der Waals surface area contributed by atoms with Crippen molar-refractivity contribution in [3.63, 3.8) is 0 Å². The molecule has 0 aliphatic carbocycles. The number of hydrogen-bond acceptors (Lipinski definition) is 4. The first-order valence-electron chi connectivity index (χ1n) is 8.70. The monoisotopic (exact) mass is 370 g/mol. The average Bonchev–Trinajstić information content (AvgIpc) is 3.03. The molecule has 136 valence electrons. The van der Waals surface area contributed by atoms with E-state index in [-0.39, 0.29) is 17.2 Å². The zero-order valence-electron chi connectivity index (χ0n) is 14.7. The van der Waals surface area contributed by atoms with E-state index in [0.29, 0.717) is 11.7 Å². The third-order valence-corrected chi connectivity index (χ3v) is 4.88. The molecule has 0 unspecified atom stereocenters. The van der Waals surface area contributed by atoms with Crippen LogP contribution in [0, 0.1) is 0 Å². The lowest BCUT2D eigenvalue weighted by Crippen LogP contribution is -2.27. The molecule has 0 saturated heterocycles. The van der Waals surface area contributed by atoms with Crippen molar-refractivity contribution in [2.24, 2.45) is 0 Å². The first kappa shape index (κ1) is 18.3. The summed E-state index contributed by atoms with van der Waals surface area (Å²) in [4.78, 5) is 34.0. The molecular weight excluding hydrogens is 348 g/mol. The van der Waals surface area contributed by atoms with E-state index in [1.165, 1.54) is 28.8 Å². The van der Waals surface area contributed by atoms with Crippen LogP contribution in [0.25, 0.3) is 10.9 Å². The Balaban J connectivity index is 1.48. The number of benzene rings is 1. The summed E-state index contributed by atoms with van der Waals surface area (Å²) in [6.07, 6.45) is 4.43. The van der Waals surface area contributed by atoms with Crippen molar-refractivity contribution in [2.75, 3.05) is 12.3 Å². The molecule has 3 rings (SSSR count). The fraction of sp³-hybridized carbons (Fsp3) is 0.316. The topological polar surface area (TPSA) is 90.6 Å². The van der Waals surface area contributed by atoms with Crippen molar-refractivity contribution in [1.82, 2.24) is 20.3 Å². The zero-order valence-corrected chi connectivity index (χ0v) is 15.5. The van der Waals surface area contributed by atoms with E-state index in [1.807, 2.05) is 31.3 Å². The van der Waals surface area contributed by atoms with Crippen molar-refractivity contribution in [3.8, 4) is 0 Å². The van der Waals surface area contributed by atoms with Gasteiger partial charge in [0.05, 0.1) is 5.75 Å². The van der Waals surface area contributed by atoms with Crippen molar-refractivity contribution in [1.29, 1.82) is 0 Å². The molecule has 2 heterocycles. The molecule has 3 N–H and O–H groups in total. The van der Waals surface area contributed by atoms with E-state index < -0.39 is 0 Å². The highest BCUT2D eigenvalue weighted by atomic mass is 32.2. The number of carbonyl (C=O) groups is 1. The number of aryl methyl sites for hydroxylation is 1. The van der Waals surface area contributed by atoms with Gasteiger partial charge >= 0.3 is 0 Å². The van der Waals surface area contributed by atoms with Gasteiger partial charge in [-0.2, -0.15) is 0 Å². The summed E-state index contributed by atoms with van der Waals surface area (Å²) in [5, 5.41) is 4.60. The fourth-order valence-corrected chi connectivity index (χ4v) is 3.52. The SMILES string of the molecule is CCCc1cc(=O)[nH]c(SCC(=O)NCCc2c[nH]c3ccccc23)n1. The summed E-state index contributed by atoms with van der Waals surface area (Å²) >= 11 is 1.25. The number of thioether (sulfide) groups is 1. The molecule has 1 amide bonds. The van der Waals surface area contributed by atoms with Crippen LogP contribution >= 0.6 is 11.8 Å². The number of carbonyl (C=O) groups excluding carboxylic acids is 1. The fourth-order valence-electron chi connectivity index (χ4n) is 2.80. The van der Waals surface area contributed by atoms with Gasteiger partial charge in [0.15, 0.2) is 5.16 Å². The Morgan fingerprint density at radius 2 is 2.12 bits per heavy atom. The molecule has 0 bridgehead atoms. The maximum Gasteiger partial charge on any atom is 0.251 e. The summed E-state index contributed by atoms with van der Waals surface area (Å²) < 4.78 is 0. The maximum absolute atomic E-state index is 12.0. The highest BCUT2D eigenvalue weighted by Gasteiger charge is 2.07. The predicted molar refractivity (Wildman–Crippen MR) is 105 cm³/mol. The Morgan fingerprint density at radius 1 is 1.27 bits per heavy atom. The molecule has 26 heavy (non-hydrogen) atoms. The van der Waals surface area contributed by atoms with Gasteiger partial charge in [0.25, 0.3) is 5.56 Å². The van der Waals surface area contributed by atoms with E-state index in [0.717, 1.165) is 30.5 Å². The third kappa shape index (κ3) is 4.76. The first-order chi connectivity index (χ1) is 12.7. The van der Waals surface area contributed by atoms with E-state index >= 15 is 0 Å². The largest absolute Gasteiger partial charge is 0.361 e. The molecule has 7 heteroatoms. The second-order valence-electron chi connectivity index (χ2n) is 6.04. The number of hydrogen-bond donors (Lipinski definition) is 3. The second-order valence-corrected chi connectivity index (χ2v) is 7.00. The molecule has 1 aromatic carbocycles. The molecule has 3 aromatic rings. The summed E-state index contributed by atoms with van der Waals surface area (Å²) in [7, 11) is 0. The van der Waals surface area contributed by atoms with Gasteiger partial charge in [-0.25, -0.2) is 4.98 Å². The van der Waals surface area contributed by atoms with Gasteiger partial charge in [-0.05, 0) is 24.5 Å². The van der Waals surface area contributed by atoms with Crippen LogP contribution in [-0.2, 0) is 17.6 Å². The number of aromatic amines is 2. The molecule has 0 spiro atoms.